The van der Waals surface area contributed by atoms with Crippen molar-refractivity contribution < 1.29 is 0 Å². The van der Waals surface area contributed by atoms with Crippen molar-refractivity contribution in [2.45, 2.75) is 13.0 Å². The molecular weight excluding hydrogens is 220 g/mol. The summed E-state index contributed by atoms with van der Waals surface area (Å²) in [5.74, 6) is 0. The molecule has 2 rings (SSSR count). The van der Waals surface area contributed by atoms with Crippen molar-refractivity contribution in [2.75, 3.05) is 19.0 Å². The zero-order chi connectivity index (χ0) is 13.0. The first-order chi connectivity index (χ1) is 8.70. The summed E-state index contributed by atoms with van der Waals surface area (Å²) in [4.78, 5) is 2.10. The average molecular weight is 240 g/mol. The van der Waals surface area contributed by atoms with Crippen molar-refractivity contribution in [3.05, 3.63) is 65.2 Å². The second kappa shape index (κ2) is 5.69. The molecule has 0 saturated carbocycles. The monoisotopic (exact) mass is 240 g/mol. The van der Waals surface area contributed by atoms with E-state index in [1.807, 2.05) is 20.2 Å². The van der Waals surface area contributed by atoms with Crippen molar-refractivity contribution >= 4 is 5.69 Å². The number of rotatable bonds is 4. The van der Waals surface area contributed by atoms with E-state index in [2.05, 4.69) is 47.4 Å². The largest absolute Gasteiger partial charge is 0.378 e. The Bertz CT molecular complexity index is 504. The van der Waals surface area contributed by atoms with Crippen molar-refractivity contribution in [1.82, 2.24) is 0 Å². The smallest absolute Gasteiger partial charge is 0.0364 e. The molecule has 0 aliphatic rings. The highest BCUT2D eigenvalue weighted by Crippen LogP contribution is 2.20. The summed E-state index contributed by atoms with van der Waals surface area (Å²) in [7, 11) is 4.10. The van der Waals surface area contributed by atoms with Crippen LogP contribution in [0.4, 0.5) is 5.69 Å². The van der Waals surface area contributed by atoms with Crippen LogP contribution in [0.1, 0.15) is 16.7 Å². The predicted molar refractivity (Wildman–Crippen MR) is 77.9 cm³/mol. The molecular formula is C16H20N2. The Morgan fingerprint density at radius 1 is 0.944 bits per heavy atom. The molecule has 2 heteroatoms. The van der Waals surface area contributed by atoms with E-state index in [-0.39, 0.29) is 0 Å². The average Bonchev–Trinajstić information content (AvgIpc) is 2.40. The minimum atomic E-state index is 0.587. The number of anilines is 1. The highest BCUT2D eigenvalue weighted by atomic mass is 15.1. The van der Waals surface area contributed by atoms with Crippen LogP contribution in [0.3, 0.4) is 0 Å². The minimum absolute atomic E-state index is 0.587. The molecule has 0 aliphatic heterocycles. The SMILES string of the molecule is CN(C)c1ccc(Cc2ccccc2)c(CN)c1. The molecule has 0 bridgehead atoms. The summed E-state index contributed by atoms with van der Waals surface area (Å²) in [6, 6.07) is 17.0. The number of benzene rings is 2. The zero-order valence-corrected chi connectivity index (χ0v) is 11.1. The highest BCUT2D eigenvalue weighted by molar-refractivity contribution is 5.50. The molecule has 0 unspecified atom stereocenters. The first-order valence-electron chi connectivity index (χ1n) is 6.24. The Hall–Kier alpha value is -1.80. The second-order valence-corrected chi connectivity index (χ2v) is 4.71. The number of hydrogen-bond donors (Lipinski definition) is 1. The third-order valence-electron chi connectivity index (χ3n) is 3.16. The van der Waals surface area contributed by atoms with Crippen molar-refractivity contribution in [3.8, 4) is 0 Å². The molecule has 0 saturated heterocycles. The van der Waals surface area contributed by atoms with Gasteiger partial charge in [-0.05, 0) is 35.2 Å². The molecule has 0 amide bonds. The fourth-order valence-corrected chi connectivity index (χ4v) is 2.07. The Labute approximate surface area is 109 Å². The molecule has 2 nitrogen and oxygen atoms in total. The molecule has 0 atom stereocenters. The Kier molecular flexibility index (Phi) is 4.00. The molecule has 0 spiro atoms. The van der Waals surface area contributed by atoms with Gasteiger partial charge in [0.2, 0.25) is 0 Å². The first-order valence-corrected chi connectivity index (χ1v) is 6.24. The number of nitrogens with zero attached hydrogens (tertiary/aromatic N) is 1. The quantitative estimate of drug-likeness (QED) is 0.890. The van der Waals surface area contributed by atoms with Crippen LogP contribution < -0.4 is 10.6 Å². The molecule has 0 aliphatic carbocycles. The molecule has 2 N–H and O–H groups in total. The zero-order valence-electron chi connectivity index (χ0n) is 11.1. The lowest BCUT2D eigenvalue weighted by atomic mass is 9.99. The van der Waals surface area contributed by atoms with Gasteiger partial charge in [0.05, 0.1) is 0 Å². The van der Waals surface area contributed by atoms with Gasteiger partial charge in [0.1, 0.15) is 0 Å². The summed E-state index contributed by atoms with van der Waals surface area (Å²) in [5.41, 5.74) is 10.9. The number of nitrogens with two attached hydrogens (primary N) is 1. The predicted octanol–water partition coefficient (Wildman–Crippen LogP) is 2.80. The fraction of sp³-hybridized carbons (Fsp3) is 0.250. The molecule has 2 aromatic rings. The van der Waals surface area contributed by atoms with E-state index in [1.165, 1.54) is 22.4 Å². The van der Waals surface area contributed by atoms with Gasteiger partial charge in [0.25, 0.3) is 0 Å². The standard InChI is InChI=1S/C16H20N2/c1-18(2)16-9-8-14(15(11-16)12-17)10-13-6-4-3-5-7-13/h3-9,11H,10,12,17H2,1-2H3. The fourth-order valence-electron chi connectivity index (χ4n) is 2.07. The maximum absolute atomic E-state index is 5.85. The van der Waals surface area contributed by atoms with E-state index in [9.17, 15) is 0 Å². The van der Waals surface area contributed by atoms with Gasteiger partial charge in [0, 0.05) is 26.3 Å². The highest BCUT2D eigenvalue weighted by Gasteiger charge is 2.05. The summed E-state index contributed by atoms with van der Waals surface area (Å²) < 4.78 is 0. The van der Waals surface area contributed by atoms with Crippen LogP contribution in [0.2, 0.25) is 0 Å². The lowest BCUT2D eigenvalue weighted by molar-refractivity contribution is 1.01. The van der Waals surface area contributed by atoms with Gasteiger partial charge in [-0.1, -0.05) is 36.4 Å². The van der Waals surface area contributed by atoms with E-state index in [1.54, 1.807) is 0 Å². The summed E-state index contributed by atoms with van der Waals surface area (Å²) >= 11 is 0. The molecule has 94 valence electrons. The third kappa shape index (κ3) is 2.90. The number of hydrogen-bond acceptors (Lipinski definition) is 2. The van der Waals surface area contributed by atoms with E-state index < -0.39 is 0 Å². The maximum atomic E-state index is 5.85. The van der Waals surface area contributed by atoms with E-state index >= 15 is 0 Å². The summed E-state index contributed by atoms with van der Waals surface area (Å²) in [5, 5.41) is 0. The minimum Gasteiger partial charge on any atom is -0.378 e. The summed E-state index contributed by atoms with van der Waals surface area (Å²) in [6.07, 6.45) is 0.946. The molecule has 2 aromatic carbocycles. The van der Waals surface area contributed by atoms with Crippen molar-refractivity contribution in [1.29, 1.82) is 0 Å². The molecule has 0 fully saturated rings. The van der Waals surface area contributed by atoms with Crippen LogP contribution >= 0.6 is 0 Å². The van der Waals surface area contributed by atoms with Gasteiger partial charge in [0.15, 0.2) is 0 Å². The Morgan fingerprint density at radius 2 is 1.67 bits per heavy atom. The normalized spacial score (nSPS) is 10.4. The summed E-state index contributed by atoms with van der Waals surface area (Å²) in [6.45, 7) is 0.587. The first kappa shape index (κ1) is 12.7. The van der Waals surface area contributed by atoms with Gasteiger partial charge in [-0.15, -0.1) is 0 Å². The van der Waals surface area contributed by atoms with Crippen LogP contribution in [0.15, 0.2) is 48.5 Å². The Balaban J connectivity index is 2.28. The maximum Gasteiger partial charge on any atom is 0.0364 e. The molecule has 0 radical (unpaired) electrons. The van der Waals surface area contributed by atoms with Gasteiger partial charge < -0.3 is 10.6 Å². The van der Waals surface area contributed by atoms with Crippen LogP contribution in [0.5, 0.6) is 0 Å². The van der Waals surface area contributed by atoms with Gasteiger partial charge in [-0.2, -0.15) is 0 Å². The third-order valence-corrected chi connectivity index (χ3v) is 3.16. The van der Waals surface area contributed by atoms with Gasteiger partial charge >= 0.3 is 0 Å². The van der Waals surface area contributed by atoms with E-state index in [0.717, 1.165) is 6.42 Å². The molecule has 0 aromatic heterocycles. The van der Waals surface area contributed by atoms with Crippen LogP contribution in [-0.4, -0.2) is 14.1 Å². The van der Waals surface area contributed by atoms with Gasteiger partial charge in [-0.25, -0.2) is 0 Å². The topological polar surface area (TPSA) is 29.3 Å². The van der Waals surface area contributed by atoms with Crippen LogP contribution in [0.25, 0.3) is 0 Å². The van der Waals surface area contributed by atoms with Gasteiger partial charge in [-0.3, -0.25) is 0 Å². The lowest BCUT2D eigenvalue weighted by Crippen LogP contribution is -2.11. The van der Waals surface area contributed by atoms with Crippen molar-refractivity contribution in [2.24, 2.45) is 5.73 Å². The van der Waals surface area contributed by atoms with E-state index in [0.29, 0.717) is 6.54 Å². The second-order valence-electron chi connectivity index (χ2n) is 4.71. The molecule has 0 heterocycles. The van der Waals surface area contributed by atoms with Crippen LogP contribution in [-0.2, 0) is 13.0 Å². The van der Waals surface area contributed by atoms with Crippen LogP contribution in [0, 0.1) is 0 Å². The lowest BCUT2D eigenvalue weighted by Gasteiger charge is -2.16. The van der Waals surface area contributed by atoms with Crippen molar-refractivity contribution in [3.63, 3.8) is 0 Å². The Morgan fingerprint density at radius 3 is 2.28 bits per heavy atom. The van der Waals surface area contributed by atoms with E-state index in [4.69, 9.17) is 5.73 Å². The molecule has 18 heavy (non-hydrogen) atoms.